The molecule has 0 spiro atoms. The number of rotatable bonds is 8. The van der Waals surface area contributed by atoms with Gasteiger partial charge in [0.25, 0.3) is 11.8 Å². The lowest BCUT2D eigenvalue weighted by atomic mass is 10.2. The second kappa shape index (κ2) is 11.7. The monoisotopic (exact) mass is 578 g/mol. The lowest BCUT2D eigenvalue weighted by Crippen LogP contribution is -2.44. The van der Waals surface area contributed by atoms with Gasteiger partial charge < -0.3 is 20.9 Å². The van der Waals surface area contributed by atoms with E-state index < -0.39 is 15.6 Å². The van der Waals surface area contributed by atoms with Gasteiger partial charge in [-0.25, -0.2) is 18.2 Å². The number of amides is 2. The number of carbonyl (C=O) groups excluding carboxylic acids is 2. The molecule has 1 fully saturated rings. The van der Waals surface area contributed by atoms with Crippen LogP contribution in [0.3, 0.4) is 0 Å². The largest absolute Gasteiger partial charge is 0.364 e. The Morgan fingerprint density at radius 3 is 2.42 bits per heavy atom. The van der Waals surface area contributed by atoms with Crippen LogP contribution in [0.5, 0.6) is 0 Å². The standard InChI is InChI=1S/C24H28Cl2N8O3S/c1-32(2)9-8-29-38(37)12-10-33(11-13-38)24(36)19-7-6-16(14-28-19)30-20-15-34(31-21(20)23(27)35)22-17(25)4-3-5-18(22)26/h3-7,14-15,30H,8-13H2,1-2H3,(H2,27,35). The quantitative estimate of drug-likeness (QED) is 0.419. The van der Waals surface area contributed by atoms with Crippen LogP contribution in [0.2, 0.25) is 10.0 Å². The predicted molar refractivity (Wildman–Crippen MR) is 149 cm³/mol. The van der Waals surface area contributed by atoms with E-state index in [0.29, 0.717) is 58.2 Å². The molecule has 2 amide bonds. The number of primary amides is 1. The molecule has 0 unspecified atom stereocenters. The van der Waals surface area contributed by atoms with E-state index in [9.17, 15) is 13.8 Å². The molecule has 202 valence electrons. The molecule has 0 radical (unpaired) electrons. The van der Waals surface area contributed by atoms with Gasteiger partial charge in [0, 0.05) is 31.1 Å². The van der Waals surface area contributed by atoms with Crippen molar-refractivity contribution in [3.05, 3.63) is 64.2 Å². The summed E-state index contributed by atoms with van der Waals surface area (Å²) < 4.78 is 18.7. The van der Waals surface area contributed by atoms with Crippen molar-refractivity contribution in [1.82, 2.24) is 24.6 Å². The van der Waals surface area contributed by atoms with E-state index in [1.807, 2.05) is 19.0 Å². The fraction of sp³-hybridized carbons (Fsp3) is 0.333. The van der Waals surface area contributed by atoms with Crippen LogP contribution in [-0.2, 0) is 9.73 Å². The Morgan fingerprint density at radius 2 is 1.84 bits per heavy atom. The lowest BCUT2D eigenvalue weighted by molar-refractivity contribution is 0.0765. The number of nitrogens with two attached hydrogens (primary N) is 1. The fourth-order valence-electron chi connectivity index (χ4n) is 3.84. The first-order valence-corrected chi connectivity index (χ1v) is 14.4. The third-order valence-electron chi connectivity index (χ3n) is 5.90. The molecule has 3 aromatic rings. The number of likely N-dealkylation sites (N-methyl/N-ethyl adjacent to an activating group) is 1. The zero-order chi connectivity index (χ0) is 27.4. The van der Waals surface area contributed by atoms with Crippen molar-refractivity contribution in [2.75, 3.05) is 57.1 Å². The molecule has 2 aromatic heterocycles. The third-order valence-corrected chi connectivity index (χ3v) is 8.80. The maximum atomic E-state index is 13.0. The Kier molecular flexibility index (Phi) is 8.56. The van der Waals surface area contributed by atoms with Crippen LogP contribution in [0.1, 0.15) is 21.0 Å². The van der Waals surface area contributed by atoms with Gasteiger partial charge in [-0.05, 0) is 38.4 Å². The van der Waals surface area contributed by atoms with Gasteiger partial charge in [0.15, 0.2) is 5.69 Å². The second-order valence-corrected chi connectivity index (χ2v) is 12.4. The molecule has 1 saturated heterocycles. The minimum Gasteiger partial charge on any atom is -0.364 e. The zero-order valence-electron chi connectivity index (χ0n) is 20.9. The number of nitrogens with zero attached hydrogens (tertiary/aromatic N) is 6. The zero-order valence-corrected chi connectivity index (χ0v) is 23.3. The fourth-order valence-corrected chi connectivity index (χ4v) is 6.30. The molecule has 1 aliphatic rings. The molecule has 4 rings (SSSR count). The molecule has 3 N–H and O–H groups in total. The minimum absolute atomic E-state index is 0.0194. The summed E-state index contributed by atoms with van der Waals surface area (Å²) in [6.07, 6.45) is 3.02. The predicted octanol–water partition coefficient (Wildman–Crippen LogP) is 2.90. The van der Waals surface area contributed by atoms with Gasteiger partial charge >= 0.3 is 0 Å². The molecule has 14 heteroatoms. The normalized spacial score (nSPS) is 14.9. The Labute approximate surface area is 231 Å². The van der Waals surface area contributed by atoms with Crippen molar-refractivity contribution in [2.24, 2.45) is 10.1 Å². The second-order valence-electron chi connectivity index (χ2n) is 8.96. The van der Waals surface area contributed by atoms with Crippen LogP contribution in [-0.4, -0.2) is 92.4 Å². The van der Waals surface area contributed by atoms with Crippen LogP contribution in [0, 0.1) is 0 Å². The van der Waals surface area contributed by atoms with Gasteiger partial charge in [0.2, 0.25) is 0 Å². The highest BCUT2D eigenvalue weighted by Gasteiger charge is 2.25. The van der Waals surface area contributed by atoms with Crippen LogP contribution < -0.4 is 11.1 Å². The van der Waals surface area contributed by atoms with Gasteiger partial charge in [-0.3, -0.25) is 9.59 Å². The lowest BCUT2D eigenvalue weighted by Gasteiger charge is -2.28. The highest BCUT2D eigenvalue weighted by atomic mass is 35.5. The summed E-state index contributed by atoms with van der Waals surface area (Å²) in [5.74, 6) is -0.294. The molecule has 1 aliphatic heterocycles. The van der Waals surface area contributed by atoms with Gasteiger partial charge in [0.05, 0.1) is 50.1 Å². The van der Waals surface area contributed by atoms with Crippen molar-refractivity contribution >= 4 is 56.1 Å². The summed E-state index contributed by atoms with van der Waals surface area (Å²) in [5.41, 5.74) is 6.99. The van der Waals surface area contributed by atoms with Crippen LogP contribution >= 0.6 is 23.2 Å². The van der Waals surface area contributed by atoms with E-state index in [1.165, 1.54) is 10.9 Å². The van der Waals surface area contributed by atoms with E-state index in [2.05, 4.69) is 19.8 Å². The molecule has 1 aromatic carbocycles. The number of benzene rings is 1. The number of hydrogen-bond acceptors (Lipinski definition) is 8. The van der Waals surface area contributed by atoms with E-state index in [4.69, 9.17) is 28.9 Å². The molecule has 11 nitrogen and oxygen atoms in total. The first-order valence-electron chi connectivity index (χ1n) is 11.8. The molecule has 0 bridgehead atoms. The number of nitrogens with one attached hydrogen (secondary N) is 1. The number of pyridine rings is 1. The molecular weight excluding hydrogens is 551 g/mol. The van der Waals surface area contributed by atoms with Gasteiger partial charge in [-0.1, -0.05) is 29.3 Å². The molecule has 38 heavy (non-hydrogen) atoms. The summed E-state index contributed by atoms with van der Waals surface area (Å²) >= 11 is 12.6. The number of halogens is 2. The number of anilines is 2. The Balaban J connectivity index is 1.45. The van der Waals surface area contributed by atoms with Crippen LogP contribution in [0.4, 0.5) is 11.4 Å². The van der Waals surface area contributed by atoms with E-state index in [1.54, 1.807) is 41.4 Å². The Bertz CT molecular complexity index is 1430. The van der Waals surface area contributed by atoms with Crippen molar-refractivity contribution in [1.29, 1.82) is 0 Å². The van der Waals surface area contributed by atoms with Crippen LogP contribution in [0.15, 0.2) is 47.1 Å². The van der Waals surface area contributed by atoms with E-state index in [-0.39, 0.29) is 17.3 Å². The average Bonchev–Trinajstić information content (AvgIpc) is 3.27. The molecular formula is C24H28Cl2N8O3S. The number of hydrogen-bond donors (Lipinski definition) is 2. The summed E-state index contributed by atoms with van der Waals surface area (Å²) in [7, 11) is 1.59. The third kappa shape index (κ3) is 6.44. The van der Waals surface area contributed by atoms with E-state index >= 15 is 0 Å². The smallest absolute Gasteiger partial charge is 0.272 e. The molecule has 3 heterocycles. The summed E-state index contributed by atoms with van der Waals surface area (Å²) in [6, 6.07) is 8.25. The molecule has 0 saturated carbocycles. The molecule has 0 aliphatic carbocycles. The summed E-state index contributed by atoms with van der Waals surface area (Å²) in [4.78, 5) is 32.9. The highest BCUT2D eigenvalue weighted by molar-refractivity contribution is 7.93. The van der Waals surface area contributed by atoms with Crippen molar-refractivity contribution in [3.63, 3.8) is 0 Å². The number of aromatic nitrogens is 3. The number of carbonyl (C=O) groups is 2. The molecule has 0 atom stereocenters. The van der Waals surface area contributed by atoms with Crippen LogP contribution in [0.25, 0.3) is 5.69 Å². The van der Waals surface area contributed by atoms with Gasteiger partial charge in [0.1, 0.15) is 11.4 Å². The SMILES string of the molecule is CN(C)CCN=S1(=O)CCN(C(=O)c2ccc(Nc3cn(-c4c(Cl)cccc4Cl)nc3C(N)=O)cn2)CC1. The van der Waals surface area contributed by atoms with Gasteiger partial charge in [-0.15, -0.1) is 0 Å². The van der Waals surface area contributed by atoms with Crippen molar-refractivity contribution < 1.29 is 13.8 Å². The minimum atomic E-state index is -2.30. The maximum absolute atomic E-state index is 13.0. The van der Waals surface area contributed by atoms with Crippen molar-refractivity contribution in [3.8, 4) is 5.69 Å². The summed E-state index contributed by atoms with van der Waals surface area (Å²) in [5, 5.41) is 7.99. The maximum Gasteiger partial charge on any atom is 0.272 e. The topological polar surface area (TPSA) is 139 Å². The van der Waals surface area contributed by atoms with Gasteiger partial charge in [-0.2, -0.15) is 5.10 Å². The Morgan fingerprint density at radius 1 is 1.16 bits per heavy atom. The first-order chi connectivity index (χ1) is 18.1. The van der Waals surface area contributed by atoms with E-state index in [0.717, 1.165) is 6.54 Å². The summed E-state index contributed by atoms with van der Waals surface area (Å²) in [6.45, 7) is 1.96. The first kappa shape index (κ1) is 27.8. The Hall–Kier alpha value is -3.19. The average molecular weight is 580 g/mol. The number of para-hydroxylation sites is 1. The van der Waals surface area contributed by atoms with Crippen molar-refractivity contribution in [2.45, 2.75) is 0 Å². The highest BCUT2D eigenvalue weighted by Crippen LogP contribution is 2.30.